The van der Waals surface area contributed by atoms with E-state index in [1.807, 2.05) is 0 Å². The second kappa shape index (κ2) is 22.7. The van der Waals surface area contributed by atoms with Crippen LogP contribution >= 0.6 is 0 Å². The van der Waals surface area contributed by atoms with E-state index in [0.717, 1.165) is 103 Å². The van der Waals surface area contributed by atoms with Gasteiger partial charge in [0.1, 0.15) is 5.84 Å². The topological polar surface area (TPSA) is 67.3 Å². The van der Waals surface area contributed by atoms with Crippen molar-refractivity contribution in [2.24, 2.45) is 23.0 Å². The van der Waals surface area contributed by atoms with Crippen LogP contribution in [0.4, 0.5) is 57.4 Å². The number of guanidine groups is 1. The fourth-order valence-corrected chi connectivity index (χ4v) is 10.4. The number of aliphatic imine (C=N–C) groups is 2. The highest BCUT2D eigenvalue weighted by Crippen LogP contribution is 2.39. The first-order valence-electron chi connectivity index (χ1n) is 26.9. The Morgan fingerprint density at radius 3 is 1.09 bits per heavy atom. The summed E-state index contributed by atoms with van der Waals surface area (Å²) >= 11 is 0. The van der Waals surface area contributed by atoms with E-state index in [2.05, 4.69) is 288 Å². The summed E-state index contributed by atoms with van der Waals surface area (Å²) in [6.07, 6.45) is 2.02. The van der Waals surface area contributed by atoms with E-state index in [0.29, 0.717) is 24.7 Å². The summed E-state index contributed by atoms with van der Waals surface area (Å²) in [7, 11) is 2.11. The molecule has 1 aliphatic heterocycles. The summed E-state index contributed by atoms with van der Waals surface area (Å²) < 4.78 is 2.18. The molecule has 9 heteroatoms. The quantitative estimate of drug-likeness (QED) is 0.114. The number of hydrogen-bond donors (Lipinski definition) is 0. The Morgan fingerprint density at radius 2 is 0.740 bits per heavy atom. The second-order valence-electron chi connectivity index (χ2n) is 21.1. The van der Waals surface area contributed by atoms with Crippen LogP contribution in [0, 0.1) is 61.3 Å². The van der Waals surface area contributed by atoms with Gasteiger partial charge in [-0.1, -0.05) is 114 Å². The van der Waals surface area contributed by atoms with Gasteiger partial charge in [0.2, 0.25) is 11.8 Å². The molecule has 1 aliphatic rings. The molecule has 0 aliphatic carbocycles. The number of anilines is 10. The van der Waals surface area contributed by atoms with Crippen LogP contribution in [0.1, 0.15) is 70.1 Å². The molecule has 0 saturated carbocycles. The second-order valence-corrected chi connectivity index (χ2v) is 21.1. The zero-order chi connectivity index (χ0) is 53.7. The van der Waals surface area contributed by atoms with Crippen LogP contribution in [0.3, 0.4) is 0 Å². The van der Waals surface area contributed by atoms with Crippen LogP contribution in [-0.4, -0.2) is 27.8 Å². The summed E-state index contributed by atoms with van der Waals surface area (Å²) in [4.78, 5) is 32.3. The predicted molar refractivity (Wildman–Crippen MR) is 321 cm³/mol. The highest BCUT2D eigenvalue weighted by atomic mass is 15.4. The Hall–Kier alpha value is -8.69. The van der Waals surface area contributed by atoms with E-state index >= 15 is 0 Å². The van der Waals surface area contributed by atoms with E-state index < -0.39 is 0 Å². The number of hydrogen-bond acceptors (Lipinski definition) is 8. The van der Waals surface area contributed by atoms with Gasteiger partial charge in [-0.2, -0.15) is 4.99 Å². The first kappa shape index (κ1) is 51.8. The van der Waals surface area contributed by atoms with Crippen molar-refractivity contribution in [1.29, 1.82) is 0 Å². The molecule has 0 amide bonds. The number of rotatable bonds is 12. The zero-order valence-electron chi connectivity index (χ0n) is 46.3. The van der Waals surface area contributed by atoms with E-state index in [-0.39, 0.29) is 12.0 Å². The van der Waals surface area contributed by atoms with Gasteiger partial charge in [-0.25, -0.2) is 14.5 Å². The van der Waals surface area contributed by atoms with Gasteiger partial charge in [0, 0.05) is 29.2 Å². The van der Waals surface area contributed by atoms with Crippen molar-refractivity contribution in [3.05, 3.63) is 244 Å². The molecule has 0 radical (unpaired) electrons. The standard InChI is InChI=1S/C68H70N9/c1-46-19-11-27-55(37-46)74(56-28-12-20-47(2)38-56)64-36-35-54(9)63(69-66(70-64)75(57-29-13-21-48(3)39-57)58-30-14-22-49(4)40-58)45-65-71-67(76(59-31-15-23-50(5)41-59)60-32-16-24-51(6)42-60)72-68(73(65)10)77(61-33-17-25-52(7)43-61)62-34-18-26-53(8)44-62/h11-34,37-44,54,63H,35-36,45H2,1-10H3/q+1. The monoisotopic (exact) mass is 1010 g/mol. The molecule has 0 bridgehead atoms. The van der Waals surface area contributed by atoms with Crippen molar-refractivity contribution in [3.63, 3.8) is 0 Å². The lowest BCUT2D eigenvalue weighted by atomic mass is 9.93. The van der Waals surface area contributed by atoms with Gasteiger partial charge in [0.05, 0.1) is 42.3 Å². The summed E-state index contributed by atoms with van der Waals surface area (Å²) in [5.41, 5.74) is 17.3. The van der Waals surface area contributed by atoms with Gasteiger partial charge in [0.25, 0.3) is 0 Å². The minimum absolute atomic E-state index is 0.0837. The molecule has 0 saturated heterocycles. The van der Waals surface area contributed by atoms with E-state index in [1.165, 1.54) is 11.1 Å². The van der Waals surface area contributed by atoms with Crippen LogP contribution in [0.25, 0.3) is 0 Å². The number of amidine groups is 1. The fraction of sp³-hybridized carbons (Fsp3) is 0.221. The minimum atomic E-state index is -0.265. The Labute approximate surface area is 456 Å². The number of benzene rings is 8. The molecule has 1 aromatic heterocycles. The molecule has 2 atom stereocenters. The maximum absolute atomic E-state index is 5.98. The highest BCUT2D eigenvalue weighted by Gasteiger charge is 2.35. The van der Waals surface area contributed by atoms with E-state index in [1.54, 1.807) is 0 Å². The molecule has 2 heterocycles. The third kappa shape index (κ3) is 11.8. The highest BCUT2D eigenvalue weighted by molar-refractivity contribution is 6.14. The number of aromatic nitrogens is 3. The van der Waals surface area contributed by atoms with E-state index in [4.69, 9.17) is 20.0 Å². The van der Waals surface area contributed by atoms with Crippen LogP contribution in [0.5, 0.6) is 0 Å². The SMILES string of the molecule is Cc1cccc(N(C2=NC(N(c3cccc(C)c3)c3cccc(C)c3)=NC(Cc3nc(N(c4cccc(C)c4)c4cccc(C)c4)nc(N(c4cccc(C)c4)c4cccc(C)c4)[n+]3C)C(C)CC2)c2cccc(C)c2)c1. The fourth-order valence-electron chi connectivity index (χ4n) is 10.4. The van der Waals surface area contributed by atoms with Gasteiger partial charge >= 0.3 is 11.9 Å². The van der Waals surface area contributed by atoms with Gasteiger partial charge in [-0.3, -0.25) is 14.7 Å². The number of nitrogens with zero attached hydrogens (tertiary/aromatic N) is 9. The van der Waals surface area contributed by atoms with Crippen molar-refractivity contribution in [2.75, 3.05) is 19.6 Å². The molecular weight excluding hydrogens is 943 g/mol. The summed E-state index contributed by atoms with van der Waals surface area (Å²) in [6, 6.07) is 69.1. The van der Waals surface area contributed by atoms with Crippen molar-refractivity contribution >= 4 is 69.2 Å². The normalized spacial score (nSPS) is 14.5. The van der Waals surface area contributed by atoms with Gasteiger partial charge in [-0.15, -0.1) is 0 Å². The van der Waals surface area contributed by atoms with Crippen molar-refractivity contribution in [2.45, 2.75) is 87.6 Å². The Balaban J connectivity index is 1.24. The third-order valence-electron chi connectivity index (χ3n) is 14.4. The molecule has 10 rings (SSSR count). The average molecular weight is 1010 g/mol. The predicted octanol–water partition coefficient (Wildman–Crippen LogP) is 16.5. The largest absolute Gasteiger partial charge is 0.363 e. The van der Waals surface area contributed by atoms with Crippen LogP contribution in [0.2, 0.25) is 0 Å². The Kier molecular flexibility index (Phi) is 15.2. The Morgan fingerprint density at radius 1 is 0.416 bits per heavy atom. The summed E-state index contributed by atoms with van der Waals surface area (Å²) in [5, 5.41) is 0. The summed E-state index contributed by atoms with van der Waals surface area (Å²) in [5.74, 6) is 3.74. The summed E-state index contributed by atoms with van der Waals surface area (Å²) in [6.45, 7) is 19.5. The van der Waals surface area contributed by atoms with Crippen LogP contribution in [-0.2, 0) is 13.5 Å². The molecule has 8 aromatic carbocycles. The van der Waals surface area contributed by atoms with Crippen LogP contribution in [0.15, 0.2) is 204 Å². The van der Waals surface area contributed by atoms with E-state index in [9.17, 15) is 0 Å². The molecule has 77 heavy (non-hydrogen) atoms. The molecule has 9 aromatic rings. The smallest absolute Gasteiger partial charge is 0.298 e. The first-order valence-corrected chi connectivity index (χ1v) is 26.9. The van der Waals surface area contributed by atoms with Gasteiger partial charge in [0.15, 0.2) is 0 Å². The molecule has 0 spiro atoms. The molecule has 9 nitrogen and oxygen atoms in total. The van der Waals surface area contributed by atoms with Gasteiger partial charge in [-0.05, 0) is 209 Å². The first-order chi connectivity index (χ1) is 37.2. The van der Waals surface area contributed by atoms with Crippen molar-refractivity contribution in [3.8, 4) is 0 Å². The average Bonchev–Trinajstić information content (AvgIpc) is 3.42. The maximum atomic E-state index is 5.98. The van der Waals surface area contributed by atoms with Gasteiger partial charge < -0.3 is 0 Å². The number of aryl methyl sites for hydroxylation is 8. The molecule has 0 fully saturated rings. The third-order valence-corrected chi connectivity index (χ3v) is 14.4. The lowest BCUT2D eigenvalue weighted by Crippen LogP contribution is -2.44. The molecular formula is C68H70N9+. The Bertz CT molecular complexity index is 3470. The lowest BCUT2D eigenvalue weighted by Gasteiger charge is -2.33. The van der Waals surface area contributed by atoms with Crippen molar-refractivity contribution in [1.82, 2.24) is 9.97 Å². The zero-order valence-corrected chi connectivity index (χ0v) is 46.3. The van der Waals surface area contributed by atoms with Crippen molar-refractivity contribution < 1.29 is 4.57 Å². The molecule has 2 unspecified atom stereocenters. The minimum Gasteiger partial charge on any atom is -0.298 e. The maximum Gasteiger partial charge on any atom is 0.363 e. The lowest BCUT2D eigenvalue weighted by molar-refractivity contribution is -0.671. The molecule has 386 valence electrons. The van der Waals surface area contributed by atoms with Crippen LogP contribution < -0.4 is 24.2 Å². The molecule has 0 N–H and O–H groups in total.